The number of hydrazone groups is 1. The van der Waals surface area contributed by atoms with Crippen LogP contribution in [0.1, 0.15) is 36.4 Å². The topological polar surface area (TPSA) is 98.0 Å². The molecule has 0 unspecified atom stereocenters. The molecular formula is C32H23Cl4FN6O3. The molecule has 0 aromatic heterocycles. The van der Waals surface area contributed by atoms with Gasteiger partial charge in [0.15, 0.2) is 12.1 Å². The van der Waals surface area contributed by atoms with Crippen molar-refractivity contribution in [2.75, 3.05) is 11.4 Å². The minimum absolute atomic E-state index is 0.0819. The second-order valence-electron chi connectivity index (χ2n) is 11.4. The highest BCUT2D eigenvalue weighted by molar-refractivity contribution is 6.36. The largest absolute Gasteiger partial charge is 0.271 e. The molecule has 14 heteroatoms. The van der Waals surface area contributed by atoms with Crippen molar-refractivity contribution in [1.82, 2.24) is 10.0 Å². The van der Waals surface area contributed by atoms with Crippen molar-refractivity contribution in [3.05, 3.63) is 103 Å². The Kier molecular flexibility index (Phi) is 8.09. The third-order valence-corrected chi connectivity index (χ3v) is 9.68. The number of carbonyl (C=O) groups excluding carboxylic acids is 3. The van der Waals surface area contributed by atoms with Crippen molar-refractivity contribution in [3.8, 4) is 0 Å². The van der Waals surface area contributed by atoms with Crippen LogP contribution in [0.25, 0.3) is 6.08 Å². The van der Waals surface area contributed by atoms with Crippen LogP contribution in [-0.2, 0) is 14.4 Å². The molecule has 7 rings (SSSR count). The van der Waals surface area contributed by atoms with Crippen molar-refractivity contribution in [3.63, 3.8) is 0 Å². The number of rotatable bonds is 5. The number of fused-ring (bicyclic) bond motifs is 2. The number of hydrogen-bond donors (Lipinski definition) is 0. The first-order valence-electron chi connectivity index (χ1n) is 14.4. The monoisotopic (exact) mass is 698 g/mol. The number of anilines is 1. The molecule has 46 heavy (non-hydrogen) atoms. The van der Waals surface area contributed by atoms with Gasteiger partial charge in [0.2, 0.25) is 0 Å². The molecule has 3 aliphatic heterocycles. The molecule has 234 valence electrons. The Bertz CT molecular complexity index is 1900. The maximum Gasteiger partial charge on any atom is 0.264 e. The van der Waals surface area contributed by atoms with Gasteiger partial charge >= 0.3 is 0 Å². The Hall–Kier alpha value is -3.83. The van der Waals surface area contributed by atoms with E-state index in [0.717, 1.165) is 40.7 Å². The Labute approximate surface area is 282 Å². The number of nitrogens with zero attached hydrogens (tertiary/aromatic N) is 6. The maximum absolute atomic E-state index is 14.1. The third-order valence-electron chi connectivity index (χ3n) is 8.55. The van der Waals surface area contributed by atoms with Crippen LogP contribution < -0.4 is 4.90 Å². The van der Waals surface area contributed by atoms with Crippen LogP contribution in [0.15, 0.2) is 81.7 Å². The molecule has 0 spiro atoms. The smallest absolute Gasteiger partial charge is 0.264 e. The summed E-state index contributed by atoms with van der Waals surface area (Å²) in [6, 6.07) is 12.6. The molecule has 4 aliphatic rings. The molecule has 9 nitrogen and oxygen atoms in total. The SMILES string of the molecule is O=C1[C@@H]2[C@@H](N=NN2CC(=O)N2N=C3/C(=C/c4ccc(Cl)cc4Cl)CCC[C@H]3[C@H]2c2ccc(Cl)cc2Cl)C(=O)N1c1cccc(F)c1. The van der Waals surface area contributed by atoms with Gasteiger partial charge in [-0.05, 0) is 84.5 Å². The number of imide groups is 1. The van der Waals surface area contributed by atoms with Crippen LogP contribution in [-0.4, -0.2) is 52.1 Å². The third kappa shape index (κ3) is 5.37. The summed E-state index contributed by atoms with van der Waals surface area (Å²) in [5.74, 6) is -2.57. The molecule has 1 aliphatic carbocycles. The van der Waals surface area contributed by atoms with Crippen molar-refractivity contribution >= 4 is 81.6 Å². The van der Waals surface area contributed by atoms with E-state index in [-0.39, 0.29) is 11.6 Å². The van der Waals surface area contributed by atoms with Crippen molar-refractivity contribution in [1.29, 1.82) is 0 Å². The van der Waals surface area contributed by atoms with Crippen LogP contribution in [0, 0.1) is 11.7 Å². The average molecular weight is 700 g/mol. The highest BCUT2D eigenvalue weighted by Gasteiger charge is 2.56. The van der Waals surface area contributed by atoms with E-state index in [9.17, 15) is 18.8 Å². The fourth-order valence-corrected chi connectivity index (χ4v) is 7.48. The zero-order chi connectivity index (χ0) is 32.3. The normalized spacial score (nSPS) is 24.6. The van der Waals surface area contributed by atoms with Gasteiger partial charge in [-0.2, -0.15) is 10.2 Å². The minimum atomic E-state index is -1.16. The number of benzene rings is 3. The first-order chi connectivity index (χ1) is 22.1. The van der Waals surface area contributed by atoms with Gasteiger partial charge in [0.25, 0.3) is 17.7 Å². The number of hydrogen-bond acceptors (Lipinski definition) is 7. The van der Waals surface area contributed by atoms with Crippen molar-refractivity contribution in [2.45, 2.75) is 37.4 Å². The Morgan fingerprint density at radius 2 is 1.70 bits per heavy atom. The Balaban J connectivity index is 1.21. The van der Waals surface area contributed by atoms with Gasteiger partial charge in [-0.3, -0.25) is 19.4 Å². The molecule has 1 saturated heterocycles. The van der Waals surface area contributed by atoms with E-state index in [2.05, 4.69) is 10.3 Å². The van der Waals surface area contributed by atoms with Gasteiger partial charge in [-0.1, -0.05) is 69.8 Å². The molecule has 4 atom stereocenters. The number of allylic oxidation sites excluding steroid dienone is 1. The first kappa shape index (κ1) is 30.8. The van der Waals surface area contributed by atoms with E-state index >= 15 is 0 Å². The van der Waals surface area contributed by atoms with Crippen LogP contribution >= 0.6 is 46.4 Å². The Morgan fingerprint density at radius 3 is 2.43 bits per heavy atom. The van der Waals surface area contributed by atoms with Gasteiger partial charge in [0.05, 0.1) is 17.4 Å². The molecule has 3 aromatic rings. The Morgan fingerprint density at radius 1 is 0.935 bits per heavy atom. The second-order valence-corrected chi connectivity index (χ2v) is 13.0. The summed E-state index contributed by atoms with van der Waals surface area (Å²) in [6.45, 7) is -0.395. The maximum atomic E-state index is 14.1. The predicted octanol–water partition coefficient (Wildman–Crippen LogP) is 7.56. The molecule has 3 heterocycles. The zero-order valence-corrected chi connectivity index (χ0v) is 26.8. The standard InChI is InChI=1S/C32H23Cl4FN6O3/c33-18-8-7-16(24(35)12-18)11-17-3-1-6-23-27(17)39-43(29(23)22-10-9-19(34)13-25(22)36)26(44)15-41-30-28(38-40-41)31(45)42(32(30)46)21-5-2-4-20(37)14-21/h2,4-5,7-14,23,28-30H,1,3,6,15H2/b17-11+/t23-,28-,29-,30+/m1/s1. The van der Waals surface area contributed by atoms with Gasteiger partial charge in [0, 0.05) is 26.0 Å². The van der Waals surface area contributed by atoms with Crippen LogP contribution in [0.3, 0.4) is 0 Å². The lowest BCUT2D eigenvalue weighted by Gasteiger charge is -2.31. The van der Waals surface area contributed by atoms with Gasteiger partial charge in [-0.25, -0.2) is 14.3 Å². The molecule has 0 N–H and O–H groups in total. The van der Waals surface area contributed by atoms with Crippen LogP contribution in [0.4, 0.5) is 10.1 Å². The quantitative estimate of drug-likeness (QED) is 0.257. The van der Waals surface area contributed by atoms with Crippen LogP contribution in [0.2, 0.25) is 20.1 Å². The fraction of sp³-hybridized carbons (Fsp3) is 0.250. The average Bonchev–Trinajstić information content (AvgIpc) is 3.68. The highest BCUT2D eigenvalue weighted by atomic mass is 35.5. The lowest BCUT2D eigenvalue weighted by atomic mass is 9.77. The summed E-state index contributed by atoms with van der Waals surface area (Å²) in [5, 5.41) is 17.3. The fourth-order valence-electron chi connectivity index (χ4n) is 6.50. The van der Waals surface area contributed by atoms with Gasteiger partial charge in [0.1, 0.15) is 12.4 Å². The number of halogens is 5. The molecule has 3 amide bonds. The molecule has 0 bridgehead atoms. The summed E-state index contributed by atoms with van der Waals surface area (Å²) in [5.41, 5.74) is 3.17. The summed E-state index contributed by atoms with van der Waals surface area (Å²) in [6.07, 6.45) is 4.25. The number of carbonyl (C=O) groups is 3. The lowest BCUT2D eigenvalue weighted by molar-refractivity contribution is -0.136. The molecule has 1 saturated carbocycles. The summed E-state index contributed by atoms with van der Waals surface area (Å²) in [7, 11) is 0. The summed E-state index contributed by atoms with van der Waals surface area (Å²) in [4.78, 5) is 41.6. The van der Waals surface area contributed by atoms with Crippen molar-refractivity contribution < 1.29 is 18.8 Å². The first-order valence-corrected chi connectivity index (χ1v) is 15.9. The van der Waals surface area contributed by atoms with Gasteiger partial charge in [-0.15, -0.1) is 0 Å². The van der Waals surface area contributed by atoms with Crippen LogP contribution in [0.5, 0.6) is 0 Å². The lowest BCUT2D eigenvalue weighted by Crippen LogP contribution is -2.45. The van der Waals surface area contributed by atoms with Gasteiger partial charge < -0.3 is 0 Å². The molecule has 0 radical (unpaired) electrons. The zero-order valence-electron chi connectivity index (χ0n) is 23.8. The second kappa shape index (κ2) is 12.1. The predicted molar refractivity (Wildman–Crippen MR) is 173 cm³/mol. The highest BCUT2D eigenvalue weighted by Crippen LogP contribution is 2.47. The van der Waals surface area contributed by atoms with E-state index in [4.69, 9.17) is 51.5 Å². The minimum Gasteiger partial charge on any atom is -0.271 e. The van der Waals surface area contributed by atoms with E-state index in [1.807, 2.05) is 12.1 Å². The van der Waals surface area contributed by atoms with E-state index in [1.54, 1.807) is 30.3 Å². The number of amides is 3. The molecular weight excluding hydrogens is 677 g/mol. The molecule has 3 aromatic carbocycles. The van der Waals surface area contributed by atoms with Crippen molar-refractivity contribution in [2.24, 2.45) is 21.4 Å². The van der Waals surface area contributed by atoms with E-state index in [0.29, 0.717) is 32.1 Å². The summed E-state index contributed by atoms with van der Waals surface area (Å²) >= 11 is 25.5. The molecule has 2 fully saturated rings. The summed E-state index contributed by atoms with van der Waals surface area (Å²) < 4.78 is 13.9. The van der Waals surface area contributed by atoms with E-state index in [1.165, 1.54) is 28.2 Å². The van der Waals surface area contributed by atoms with E-state index < -0.39 is 48.2 Å².